The predicted octanol–water partition coefficient (Wildman–Crippen LogP) is 1.61. The van der Waals surface area contributed by atoms with Crippen LogP contribution in [0.2, 0.25) is 0 Å². The average Bonchev–Trinajstić information content (AvgIpc) is 2.59. The Labute approximate surface area is 159 Å². The molecule has 0 aliphatic carbocycles. The summed E-state index contributed by atoms with van der Waals surface area (Å²) in [5, 5.41) is 28.7. The molecule has 3 N–H and O–H groups in total. The highest BCUT2D eigenvalue weighted by molar-refractivity contribution is 6.08. The molecule has 0 aromatic heterocycles. The number of allylic oxidation sites excluding steroid dienone is 1. The first kappa shape index (κ1) is 22.5. The van der Waals surface area contributed by atoms with Gasteiger partial charge in [0, 0.05) is 0 Å². The van der Waals surface area contributed by atoms with Crippen LogP contribution < -0.4 is 0 Å². The molecule has 0 fully saturated rings. The van der Waals surface area contributed by atoms with Crippen LogP contribution in [-0.4, -0.2) is 50.6 Å². The molecule has 28 heavy (non-hydrogen) atoms. The van der Waals surface area contributed by atoms with Crippen LogP contribution in [0.15, 0.2) is 42.5 Å². The number of aliphatic hydroxyl groups is 1. The molecule has 0 saturated heterocycles. The van der Waals surface area contributed by atoms with Gasteiger partial charge in [-0.2, -0.15) is 0 Å². The van der Waals surface area contributed by atoms with Crippen LogP contribution in [0.4, 0.5) is 0 Å². The van der Waals surface area contributed by atoms with E-state index in [-0.39, 0.29) is 11.1 Å². The number of Topliss-reactive ketones (excluding diaryl/α,β-unsaturated/α-hetero) is 2. The third kappa shape index (κ3) is 4.98. The monoisotopic (exact) mass is 390 g/mol. The van der Waals surface area contributed by atoms with E-state index < -0.39 is 58.4 Å². The summed E-state index contributed by atoms with van der Waals surface area (Å²) in [6.07, 6.45) is -0.971. The van der Waals surface area contributed by atoms with E-state index in [4.69, 9.17) is 9.84 Å². The molecule has 0 aliphatic rings. The van der Waals surface area contributed by atoms with Gasteiger partial charge in [-0.15, -0.1) is 0 Å². The Morgan fingerprint density at radius 1 is 0.964 bits per heavy atom. The summed E-state index contributed by atoms with van der Waals surface area (Å²) >= 11 is 0. The van der Waals surface area contributed by atoms with E-state index in [1.165, 1.54) is 13.8 Å². The SMILES string of the molecule is C=C(C)C(=O)CC(O)(OC(=O)c1cc(C(=O)O)ccc1C(=O)O)C(=O)C(=C)C. The summed E-state index contributed by atoms with van der Waals surface area (Å²) in [4.78, 5) is 59.1. The number of ketones is 2. The Kier molecular flexibility index (Phi) is 6.74. The predicted molar refractivity (Wildman–Crippen MR) is 95.0 cm³/mol. The molecule has 9 nitrogen and oxygen atoms in total. The highest BCUT2D eigenvalue weighted by Gasteiger charge is 2.43. The van der Waals surface area contributed by atoms with Crippen molar-refractivity contribution in [2.45, 2.75) is 26.1 Å². The van der Waals surface area contributed by atoms with Gasteiger partial charge in [0.25, 0.3) is 5.79 Å². The number of carbonyl (C=O) groups excluding carboxylic acids is 3. The van der Waals surface area contributed by atoms with Crippen molar-refractivity contribution in [2.24, 2.45) is 0 Å². The number of esters is 1. The Hall–Kier alpha value is -3.59. The van der Waals surface area contributed by atoms with E-state index in [0.29, 0.717) is 0 Å². The first-order valence-corrected chi connectivity index (χ1v) is 7.75. The lowest BCUT2D eigenvalue weighted by atomic mass is 9.97. The van der Waals surface area contributed by atoms with Crippen LogP contribution in [-0.2, 0) is 14.3 Å². The molecule has 0 saturated carbocycles. The third-order valence-corrected chi connectivity index (χ3v) is 3.60. The minimum absolute atomic E-state index is 0.0249. The van der Waals surface area contributed by atoms with Gasteiger partial charge < -0.3 is 20.1 Å². The molecule has 1 rings (SSSR count). The second kappa shape index (κ2) is 8.40. The number of benzene rings is 1. The van der Waals surface area contributed by atoms with Crippen LogP contribution >= 0.6 is 0 Å². The molecule has 0 amide bonds. The number of ether oxygens (including phenoxy) is 1. The van der Waals surface area contributed by atoms with Crippen molar-refractivity contribution in [1.29, 1.82) is 0 Å². The van der Waals surface area contributed by atoms with Gasteiger partial charge in [0.15, 0.2) is 5.78 Å². The normalized spacial score (nSPS) is 12.4. The van der Waals surface area contributed by atoms with Gasteiger partial charge in [0.05, 0.1) is 23.1 Å². The van der Waals surface area contributed by atoms with E-state index in [1.807, 2.05) is 0 Å². The zero-order valence-corrected chi connectivity index (χ0v) is 15.1. The first-order chi connectivity index (χ1) is 12.8. The van der Waals surface area contributed by atoms with Gasteiger partial charge in [0.1, 0.15) is 0 Å². The van der Waals surface area contributed by atoms with Crippen LogP contribution in [0.5, 0.6) is 0 Å². The van der Waals surface area contributed by atoms with Crippen molar-refractivity contribution in [3.8, 4) is 0 Å². The second-order valence-corrected chi connectivity index (χ2v) is 6.03. The molecule has 0 radical (unpaired) electrons. The smallest absolute Gasteiger partial charge is 0.341 e. The lowest BCUT2D eigenvalue weighted by Crippen LogP contribution is -2.46. The van der Waals surface area contributed by atoms with E-state index in [9.17, 15) is 34.2 Å². The summed E-state index contributed by atoms with van der Waals surface area (Å²) in [6, 6.07) is 2.54. The molecule has 1 aromatic carbocycles. The number of aromatic carboxylic acids is 2. The summed E-state index contributed by atoms with van der Waals surface area (Å²) < 4.78 is 4.78. The number of carboxylic acids is 2. The van der Waals surface area contributed by atoms with Gasteiger partial charge in [0.2, 0.25) is 5.78 Å². The largest absolute Gasteiger partial charge is 0.478 e. The van der Waals surface area contributed by atoms with Gasteiger partial charge in [-0.05, 0) is 43.2 Å². The number of carboxylic acid groups (broad SMARTS) is 2. The number of rotatable bonds is 9. The van der Waals surface area contributed by atoms with Gasteiger partial charge in [-0.25, -0.2) is 14.4 Å². The van der Waals surface area contributed by atoms with E-state index >= 15 is 0 Å². The van der Waals surface area contributed by atoms with Crippen molar-refractivity contribution < 1.29 is 44.0 Å². The fourth-order valence-corrected chi connectivity index (χ4v) is 2.11. The average molecular weight is 390 g/mol. The minimum Gasteiger partial charge on any atom is -0.478 e. The van der Waals surface area contributed by atoms with E-state index in [2.05, 4.69) is 13.2 Å². The number of carbonyl (C=O) groups is 5. The Bertz CT molecular complexity index is 910. The fourth-order valence-electron chi connectivity index (χ4n) is 2.11. The highest BCUT2D eigenvalue weighted by atomic mass is 16.7. The molecule has 0 spiro atoms. The van der Waals surface area contributed by atoms with Crippen molar-refractivity contribution in [3.63, 3.8) is 0 Å². The zero-order valence-electron chi connectivity index (χ0n) is 15.1. The van der Waals surface area contributed by atoms with Gasteiger partial charge >= 0.3 is 17.9 Å². The van der Waals surface area contributed by atoms with Crippen molar-refractivity contribution in [1.82, 2.24) is 0 Å². The maximum absolute atomic E-state index is 12.5. The molecular formula is C19H18O9. The van der Waals surface area contributed by atoms with Gasteiger partial charge in [-0.3, -0.25) is 9.59 Å². The van der Waals surface area contributed by atoms with Crippen LogP contribution in [0.1, 0.15) is 51.3 Å². The maximum atomic E-state index is 12.5. The minimum atomic E-state index is -2.96. The maximum Gasteiger partial charge on any atom is 0.341 e. The van der Waals surface area contributed by atoms with E-state index in [0.717, 1.165) is 18.2 Å². The summed E-state index contributed by atoms with van der Waals surface area (Å²) in [5.74, 6) is -9.46. The first-order valence-electron chi connectivity index (χ1n) is 7.75. The summed E-state index contributed by atoms with van der Waals surface area (Å²) in [6.45, 7) is 9.22. The molecular weight excluding hydrogens is 372 g/mol. The number of hydrogen-bond donors (Lipinski definition) is 3. The zero-order chi connectivity index (χ0) is 21.8. The Morgan fingerprint density at radius 3 is 1.96 bits per heavy atom. The Balaban J connectivity index is 3.44. The molecule has 0 bridgehead atoms. The van der Waals surface area contributed by atoms with E-state index in [1.54, 1.807) is 0 Å². The van der Waals surface area contributed by atoms with Crippen LogP contribution in [0.25, 0.3) is 0 Å². The molecule has 148 valence electrons. The molecule has 9 heteroatoms. The molecule has 0 heterocycles. The van der Waals surface area contributed by atoms with Gasteiger partial charge in [-0.1, -0.05) is 13.2 Å². The van der Waals surface area contributed by atoms with Crippen molar-refractivity contribution in [3.05, 3.63) is 59.2 Å². The van der Waals surface area contributed by atoms with Crippen molar-refractivity contribution in [2.75, 3.05) is 0 Å². The lowest BCUT2D eigenvalue weighted by molar-refractivity contribution is -0.183. The van der Waals surface area contributed by atoms with Crippen LogP contribution in [0, 0.1) is 0 Å². The number of hydrogen-bond acceptors (Lipinski definition) is 7. The standard InChI is InChI=1S/C19H18O9/c1-9(2)14(20)8-19(27,15(21)10(3)4)28-18(26)13-7-11(16(22)23)5-6-12(13)17(24)25/h5-7,27H,1,3,8H2,2,4H3,(H,22,23)(H,24,25). The quantitative estimate of drug-likeness (QED) is 0.324. The Morgan fingerprint density at radius 2 is 1.54 bits per heavy atom. The second-order valence-electron chi connectivity index (χ2n) is 6.03. The molecule has 0 aliphatic heterocycles. The third-order valence-electron chi connectivity index (χ3n) is 3.60. The molecule has 1 aromatic rings. The lowest BCUT2D eigenvalue weighted by Gasteiger charge is -2.26. The summed E-state index contributed by atoms with van der Waals surface area (Å²) in [5.41, 5.74) is -2.02. The molecule has 1 unspecified atom stereocenters. The van der Waals surface area contributed by atoms with Crippen LogP contribution in [0.3, 0.4) is 0 Å². The topological polar surface area (TPSA) is 155 Å². The fraction of sp³-hybridized carbons (Fsp3) is 0.211. The van der Waals surface area contributed by atoms with Crippen molar-refractivity contribution >= 4 is 29.5 Å². The highest BCUT2D eigenvalue weighted by Crippen LogP contribution is 2.24. The molecule has 1 atom stereocenters. The summed E-state index contributed by atoms with van der Waals surface area (Å²) in [7, 11) is 0.